The maximum absolute atomic E-state index is 13.9. The van der Waals surface area contributed by atoms with Crippen LogP contribution in [0.2, 0.25) is 0 Å². The number of benzene rings is 1. The minimum Gasteiger partial charge on any atom is -0.351 e. The van der Waals surface area contributed by atoms with Gasteiger partial charge in [-0.1, -0.05) is 6.07 Å². The Bertz CT molecular complexity index is 853. The summed E-state index contributed by atoms with van der Waals surface area (Å²) >= 11 is 1.34. The number of aryl methyl sites for hydroxylation is 3. The fourth-order valence-electron chi connectivity index (χ4n) is 2.64. The Balaban J connectivity index is 1.64. The number of hydrogen-bond donors (Lipinski definition) is 1. The second-order valence-electron chi connectivity index (χ2n) is 5.45. The van der Waals surface area contributed by atoms with E-state index in [0.717, 1.165) is 23.5 Å². The highest BCUT2D eigenvalue weighted by atomic mass is 32.1. The van der Waals surface area contributed by atoms with Crippen molar-refractivity contribution in [2.45, 2.75) is 26.8 Å². The molecule has 0 saturated carbocycles. The molecule has 3 rings (SSSR count). The second kappa shape index (κ2) is 6.50. The van der Waals surface area contributed by atoms with Gasteiger partial charge in [-0.25, -0.2) is 9.37 Å². The molecule has 0 spiro atoms. The number of amides is 1. The van der Waals surface area contributed by atoms with E-state index >= 15 is 0 Å². The summed E-state index contributed by atoms with van der Waals surface area (Å²) in [4.78, 5) is 17.1. The molecule has 120 valence electrons. The average Bonchev–Trinajstić information content (AvgIpc) is 3.08. The summed E-state index contributed by atoms with van der Waals surface area (Å²) in [6.45, 7) is 5.14. The summed E-state index contributed by atoms with van der Waals surface area (Å²) in [5.41, 5.74) is 0.714. The molecule has 0 bridgehead atoms. The number of thiophene rings is 1. The molecule has 0 aliphatic carbocycles. The first-order chi connectivity index (χ1) is 11.1. The molecular formula is C17H18FN3OS. The first-order valence-electron chi connectivity index (χ1n) is 7.51. The van der Waals surface area contributed by atoms with Crippen molar-refractivity contribution in [3.63, 3.8) is 0 Å². The molecule has 0 aliphatic rings. The molecule has 0 radical (unpaired) electrons. The van der Waals surface area contributed by atoms with Crippen molar-refractivity contribution in [1.82, 2.24) is 14.9 Å². The first kappa shape index (κ1) is 15.7. The fourth-order valence-corrected chi connectivity index (χ4v) is 3.78. The minimum absolute atomic E-state index is 0.134. The Hall–Kier alpha value is -2.21. The Morgan fingerprint density at radius 3 is 2.91 bits per heavy atom. The van der Waals surface area contributed by atoms with Crippen LogP contribution in [0.15, 0.2) is 30.6 Å². The van der Waals surface area contributed by atoms with E-state index < -0.39 is 0 Å². The monoisotopic (exact) mass is 331 g/mol. The van der Waals surface area contributed by atoms with Crippen molar-refractivity contribution in [2.24, 2.45) is 0 Å². The highest BCUT2D eigenvalue weighted by molar-refractivity contribution is 7.21. The van der Waals surface area contributed by atoms with Gasteiger partial charge < -0.3 is 9.88 Å². The molecular weight excluding hydrogens is 313 g/mol. The van der Waals surface area contributed by atoms with Gasteiger partial charge in [-0.15, -0.1) is 11.3 Å². The lowest BCUT2D eigenvalue weighted by Gasteiger charge is -2.06. The van der Waals surface area contributed by atoms with Gasteiger partial charge >= 0.3 is 0 Å². The normalized spacial score (nSPS) is 11.1. The van der Waals surface area contributed by atoms with Crippen molar-refractivity contribution < 1.29 is 9.18 Å². The lowest BCUT2D eigenvalue weighted by molar-refractivity contribution is 0.0956. The molecule has 23 heavy (non-hydrogen) atoms. The van der Waals surface area contributed by atoms with Gasteiger partial charge in [-0.05, 0) is 38.0 Å². The number of nitrogens with zero attached hydrogens (tertiary/aromatic N) is 2. The minimum atomic E-state index is -0.272. The van der Waals surface area contributed by atoms with Crippen molar-refractivity contribution in [1.29, 1.82) is 0 Å². The number of imidazole rings is 1. The van der Waals surface area contributed by atoms with E-state index in [9.17, 15) is 9.18 Å². The van der Waals surface area contributed by atoms with Gasteiger partial charge in [0.15, 0.2) is 0 Å². The van der Waals surface area contributed by atoms with E-state index in [1.165, 1.54) is 17.4 Å². The van der Waals surface area contributed by atoms with E-state index in [1.54, 1.807) is 19.2 Å². The molecule has 2 heterocycles. The Labute approximate surface area is 138 Å². The van der Waals surface area contributed by atoms with Crippen LogP contribution in [0.5, 0.6) is 0 Å². The van der Waals surface area contributed by atoms with Gasteiger partial charge in [0.25, 0.3) is 5.91 Å². The summed E-state index contributed by atoms with van der Waals surface area (Å²) in [7, 11) is 0. The maximum Gasteiger partial charge on any atom is 0.261 e. The predicted molar refractivity (Wildman–Crippen MR) is 90.4 cm³/mol. The van der Waals surface area contributed by atoms with Crippen LogP contribution in [0.3, 0.4) is 0 Å². The largest absolute Gasteiger partial charge is 0.351 e. The zero-order valence-corrected chi connectivity index (χ0v) is 13.9. The number of nitrogens with one attached hydrogen (secondary N) is 1. The third-order valence-electron chi connectivity index (χ3n) is 3.89. The van der Waals surface area contributed by atoms with Crippen LogP contribution < -0.4 is 5.32 Å². The van der Waals surface area contributed by atoms with Gasteiger partial charge in [0.05, 0.1) is 4.88 Å². The third kappa shape index (κ3) is 3.12. The van der Waals surface area contributed by atoms with Crippen LogP contribution in [-0.4, -0.2) is 22.0 Å². The SMILES string of the molecule is Cc1c(C(=O)NCCCn2ccnc2C)sc2cccc(F)c12. The maximum atomic E-state index is 13.9. The number of halogens is 1. The molecule has 1 aromatic carbocycles. The fraction of sp³-hybridized carbons (Fsp3) is 0.294. The van der Waals surface area contributed by atoms with Crippen LogP contribution >= 0.6 is 11.3 Å². The molecule has 2 aromatic heterocycles. The van der Waals surface area contributed by atoms with Crippen LogP contribution in [-0.2, 0) is 6.54 Å². The topological polar surface area (TPSA) is 46.9 Å². The van der Waals surface area contributed by atoms with E-state index in [0.29, 0.717) is 22.4 Å². The lowest BCUT2D eigenvalue weighted by atomic mass is 10.1. The number of aromatic nitrogens is 2. The number of hydrogen-bond acceptors (Lipinski definition) is 3. The summed E-state index contributed by atoms with van der Waals surface area (Å²) in [5, 5.41) is 3.47. The van der Waals surface area contributed by atoms with E-state index in [4.69, 9.17) is 0 Å². The van der Waals surface area contributed by atoms with Gasteiger partial charge in [0, 0.05) is 35.6 Å². The summed E-state index contributed by atoms with van der Waals surface area (Å²) in [6.07, 6.45) is 4.51. The van der Waals surface area contributed by atoms with Crippen molar-refractivity contribution in [2.75, 3.05) is 6.54 Å². The third-order valence-corrected chi connectivity index (χ3v) is 5.15. The van der Waals surface area contributed by atoms with Gasteiger partial charge in [-0.3, -0.25) is 4.79 Å². The molecule has 0 atom stereocenters. The average molecular weight is 331 g/mol. The molecule has 0 aliphatic heterocycles. The molecule has 6 heteroatoms. The number of carbonyl (C=O) groups excluding carboxylic acids is 1. The second-order valence-corrected chi connectivity index (χ2v) is 6.50. The smallest absolute Gasteiger partial charge is 0.261 e. The molecule has 0 saturated heterocycles. The lowest BCUT2D eigenvalue weighted by Crippen LogP contribution is -2.25. The van der Waals surface area contributed by atoms with Crippen LogP contribution in [0.1, 0.15) is 27.5 Å². The number of fused-ring (bicyclic) bond motifs is 1. The molecule has 4 nitrogen and oxygen atoms in total. The van der Waals surface area contributed by atoms with Gasteiger partial charge in [0.1, 0.15) is 11.6 Å². The van der Waals surface area contributed by atoms with Crippen molar-refractivity contribution >= 4 is 27.3 Å². The zero-order chi connectivity index (χ0) is 16.4. The Morgan fingerprint density at radius 2 is 2.22 bits per heavy atom. The van der Waals surface area contributed by atoms with Gasteiger partial charge in [-0.2, -0.15) is 0 Å². The molecule has 3 aromatic rings. The standard InChI is InChI=1S/C17H18FN3OS/c1-11-15-13(18)5-3-6-14(15)23-16(11)17(22)20-7-4-9-21-10-8-19-12(21)2/h3,5-6,8,10H,4,7,9H2,1-2H3,(H,20,22). The number of rotatable bonds is 5. The van der Waals surface area contributed by atoms with Crippen molar-refractivity contribution in [3.8, 4) is 0 Å². The predicted octanol–water partition coefficient (Wildman–Crippen LogP) is 3.67. The summed E-state index contributed by atoms with van der Waals surface area (Å²) in [6, 6.07) is 4.94. The van der Waals surface area contributed by atoms with E-state index in [1.807, 2.05) is 23.8 Å². The summed E-state index contributed by atoms with van der Waals surface area (Å²) < 4.78 is 16.7. The van der Waals surface area contributed by atoms with Crippen LogP contribution in [0, 0.1) is 19.7 Å². The summed E-state index contributed by atoms with van der Waals surface area (Å²) in [5.74, 6) is 0.559. The molecule has 0 unspecified atom stereocenters. The molecule has 1 N–H and O–H groups in total. The van der Waals surface area contributed by atoms with Gasteiger partial charge in [0.2, 0.25) is 0 Å². The molecule has 0 fully saturated rings. The highest BCUT2D eigenvalue weighted by Gasteiger charge is 2.17. The van der Waals surface area contributed by atoms with Crippen LogP contribution in [0.25, 0.3) is 10.1 Å². The van der Waals surface area contributed by atoms with E-state index in [2.05, 4.69) is 10.3 Å². The van der Waals surface area contributed by atoms with Crippen molar-refractivity contribution in [3.05, 3.63) is 52.7 Å². The highest BCUT2D eigenvalue weighted by Crippen LogP contribution is 2.32. The van der Waals surface area contributed by atoms with E-state index in [-0.39, 0.29) is 11.7 Å². The van der Waals surface area contributed by atoms with Crippen LogP contribution in [0.4, 0.5) is 4.39 Å². The Morgan fingerprint density at radius 1 is 1.39 bits per heavy atom. The molecule has 1 amide bonds. The quantitative estimate of drug-likeness (QED) is 0.725. The first-order valence-corrected chi connectivity index (χ1v) is 8.33. The Kier molecular flexibility index (Phi) is 4.43. The zero-order valence-electron chi connectivity index (χ0n) is 13.1. The number of carbonyl (C=O) groups is 1.